The van der Waals surface area contributed by atoms with Gasteiger partial charge >= 0.3 is 5.97 Å². The van der Waals surface area contributed by atoms with Crippen molar-refractivity contribution < 1.29 is 14.7 Å². The maximum absolute atomic E-state index is 12.3. The Morgan fingerprint density at radius 1 is 1.18 bits per heavy atom. The maximum atomic E-state index is 12.3. The minimum absolute atomic E-state index is 0.0132. The van der Waals surface area contributed by atoms with Crippen molar-refractivity contribution in [2.24, 2.45) is 23.7 Å². The summed E-state index contributed by atoms with van der Waals surface area (Å²) in [7, 11) is 0. The molecule has 1 N–H and O–H groups in total. The van der Waals surface area contributed by atoms with E-state index in [0.29, 0.717) is 13.1 Å². The summed E-state index contributed by atoms with van der Waals surface area (Å²) in [5.74, 6) is -1.48. The molecule has 94 valence electrons. The predicted octanol–water partition coefficient (Wildman–Crippen LogP) is 1.38. The molecule has 4 atom stereocenters. The van der Waals surface area contributed by atoms with Crippen LogP contribution in [0.4, 0.5) is 0 Å². The first-order valence-corrected chi connectivity index (χ1v) is 6.30. The fourth-order valence-electron chi connectivity index (χ4n) is 3.24. The average molecular weight is 237 g/mol. The van der Waals surface area contributed by atoms with E-state index in [1.165, 1.54) is 0 Å². The van der Waals surface area contributed by atoms with Gasteiger partial charge in [-0.15, -0.1) is 0 Å². The van der Waals surface area contributed by atoms with Crippen LogP contribution in [0.2, 0.25) is 0 Å². The number of carbonyl (C=O) groups excluding carboxylic acids is 1. The molecule has 2 bridgehead atoms. The van der Waals surface area contributed by atoms with Crippen LogP contribution in [-0.2, 0) is 9.59 Å². The zero-order valence-electron chi connectivity index (χ0n) is 10.3. The quantitative estimate of drug-likeness (QED) is 0.751. The number of carboxylic acids is 1. The van der Waals surface area contributed by atoms with Gasteiger partial charge in [-0.25, -0.2) is 0 Å². The van der Waals surface area contributed by atoms with Gasteiger partial charge in [0.2, 0.25) is 5.91 Å². The molecule has 0 aliphatic heterocycles. The largest absolute Gasteiger partial charge is 0.481 e. The average Bonchev–Trinajstić information content (AvgIpc) is 2.89. The normalized spacial score (nSPS) is 34.0. The van der Waals surface area contributed by atoms with E-state index in [2.05, 4.69) is 0 Å². The molecule has 2 rings (SSSR count). The molecule has 0 saturated heterocycles. The molecule has 0 aromatic heterocycles. The van der Waals surface area contributed by atoms with E-state index in [0.717, 1.165) is 6.42 Å². The van der Waals surface area contributed by atoms with Gasteiger partial charge in [-0.3, -0.25) is 9.59 Å². The van der Waals surface area contributed by atoms with Crippen molar-refractivity contribution in [2.45, 2.75) is 20.3 Å². The van der Waals surface area contributed by atoms with E-state index in [-0.39, 0.29) is 23.7 Å². The lowest BCUT2D eigenvalue weighted by atomic mass is 9.82. The highest BCUT2D eigenvalue weighted by molar-refractivity contribution is 5.86. The Labute approximate surface area is 101 Å². The highest BCUT2D eigenvalue weighted by Gasteiger charge is 2.52. The van der Waals surface area contributed by atoms with Gasteiger partial charge in [0.25, 0.3) is 0 Å². The molecule has 1 saturated carbocycles. The second-order valence-electron chi connectivity index (χ2n) is 4.85. The lowest BCUT2D eigenvalue weighted by Gasteiger charge is -2.29. The van der Waals surface area contributed by atoms with E-state index in [1.807, 2.05) is 26.0 Å². The van der Waals surface area contributed by atoms with Gasteiger partial charge in [-0.05, 0) is 32.1 Å². The number of carboxylic acid groups (broad SMARTS) is 1. The van der Waals surface area contributed by atoms with Gasteiger partial charge in [0, 0.05) is 13.1 Å². The number of allylic oxidation sites excluding steroid dienone is 2. The van der Waals surface area contributed by atoms with Crippen LogP contribution < -0.4 is 0 Å². The molecule has 4 heteroatoms. The van der Waals surface area contributed by atoms with Gasteiger partial charge in [-0.1, -0.05) is 12.2 Å². The summed E-state index contributed by atoms with van der Waals surface area (Å²) in [6, 6.07) is 0. The van der Waals surface area contributed by atoms with Gasteiger partial charge < -0.3 is 10.0 Å². The third-order valence-electron chi connectivity index (χ3n) is 4.10. The Hall–Kier alpha value is -1.32. The number of nitrogens with zero attached hydrogens (tertiary/aromatic N) is 1. The summed E-state index contributed by atoms with van der Waals surface area (Å²) < 4.78 is 0. The predicted molar refractivity (Wildman–Crippen MR) is 63.3 cm³/mol. The van der Waals surface area contributed by atoms with E-state index >= 15 is 0 Å². The minimum Gasteiger partial charge on any atom is -0.481 e. The molecule has 4 nitrogen and oxygen atoms in total. The van der Waals surface area contributed by atoms with Crippen molar-refractivity contribution in [2.75, 3.05) is 13.1 Å². The highest BCUT2D eigenvalue weighted by atomic mass is 16.4. The summed E-state index contributed by atoms with van der Waals surface area (Å²) in [4.78, 5) is 25.4. The first-order valence-electron chi connectivity index (χ1n) is 6.30. The summed E-state index contributed by atoms with van der Waals surface area (Å²) >= 11 is 0. The van der Waals surface area contributed by atoms with Crippen LogP contribution in [0.15, 0.2) is 12.2 Å². The SMILES string of the molecule is CCN(CC)C(=O)[C@H]1[C@H](C(=O)O)[C@H]2C=C[C@H]1C2. The lowest BCUT2D eigenvalue weighted by molar-refractivity contribution is -0.150. The number of carbonyl (C=O) groups is 2. The number of amides is 1. The van der Waals surface area contributed by atoms with Crippen LogP contribution in [0.25, 0.3) is 0 Å². The fraction of sp³-hybridized carbons (Fsp3) is 0.692. The van der Waals surface area contributed by atoms with Crippen LogP contribution in [-0.4, -0.2) is 35.0 Å². The third kappa shape index (κ3) is 1.85. The third-order valence-corrected chi connectivity index (χ3v) is 4.10. The molecular formula is C13H19NO3. The standard InChI is InChI=1S/C13H19NO3/c1-3-14(4-2)12(15)10-8-5-6-9(7-8)11(10)13(16)17/h5-6,8-11H,3-4,7H2,1-2H3,(H,16,17)/t8-,9-,10+,11+/m0/s1. The monoisotopic (exact) mass is 237 g/mol. The zero-order chi connectivity index (χ0) is 12.6. The van der Waals surface area contributed by atoms with E-state index < -0.39 is 11.9 Å². The number of hydrogen-bond acceptors (Lipinski definition) is 2. The van der Waals surface area contributed by atoms with Crippen LogP contribution >= 0.6 is 0 Å². The number of fused-ring (bicyclic) bond motifs is 2. The molecule has 2 aliphatic rings. The zero-order valence-corrected chi connectivity index (χ0v) is 10.3. The Balaban J connectivity index is 2.22. The van der Waals surface area contributed by atoms with Gasteiger partial charge in [-0.2, -0.15) is 0 Å². The second-order valence-corrected chi connectivity index (χ2v) is 4.85. The Bertz CT molecular complexity index is 360. The Morgan fingerprint density at radius 3 is 2.18 bits per heavy atom. The van der Waals surface area contributed by atoms with E-state index in [9.17, 15) is 14.7 Å². The Kier molecular flexibility index (Phi) is 3.22. The van der Waals surface area contributed by atoms with Crippen molar-refractivity contribution >= 4 is 11.9 Å². The molecule has 0 aromatic rings. The van der Waals surface area contributed by atoms with Gasteiger partial charge in [0.1, 0.15) is 0 Å². The van der Waals surface area contributed by atoms with Gasteiger partial charge in [0.15, 0.2) is 0 Å². The van der Waals surface area contributed by atoms with Crippen LogP contribution in [0.3, 0.4) is 0 Å². The van der Waals surface area contributed by atoms with Gasteiger partial charge in [0.05, 0.1) is 11.8 Å². The van der Waals surface area contributed by atoms with Crippen LogP contribution in [0.1, 0.15) is 20.3 Å². The first-order chi connectivity index (χ1) is 8.10. The molecular weight excluding hydrogens is 218 g/mol. The number of rotatable bonds is 4. The summed E-state index contributed by atoms with van der Waals surface area (Å²) in [6.45, 7) is 5.17. The molecule has 0 aromatic carbocycles. The van der Waals surface area contributed by atoms with Crippen LogP contribution in [0.5, 0.6) is 0 Å². The highest BCUT2D eigenvalue weighted by Crippen LogP contribution is 2.48. The smallest absolute Gasteiger partial charge is 0.307 e. The van der Waals surface area contributed by atoms with E-state index in [1.54, 1.807) is 4.90 Å². The first kappa shape index (κ1) is 12.1. The van der Waals surface area contributed by atoms with Crippen molar-refractivity contribution in [3.63, 3.8) is 0 Å². The van der Waals surface area contributed by atoms with E-state index in [4.69, 9.17) is 0 Å². The van der Waals surface area contributed by atoms with Crippen molar-refractivity contribution in [3.8, 4) is 0 Å². The molecule has 1 fully saturated rings. The second kappa shape index (κ2) is 4.51. The summed E-state index contributed by atoms with van der Waals surface area (Å²) in [5.41, 5.74) is 0. The summed E-state index contributed by atoms with van der Waals surface area (Å²) in [6.07, 6.45) is 4.82. The lowest BCUT2D eigenvalue weighted by Crippen LogP contribution is -2.42. The summed E-state index contributed by atoms with van der Waals surface area (Å²) in [5, 5.41) is 9.28. The number of hydrogen-bond donors (Lipinski definition) is 1. The van der Waals surface area contributed by atoms with Crippen molar-refractivity contribution in [1.82, 2.24) is 4.90 Å². The molecule has 0 heterocycles. The minimum atomic E-state index is -0.827. The van der Waals surface area contributed by atoms with Crippen molar-refractivity contribution in [1.29, 1.82) is 0 Å². The molecule has 2 aliphatic carbocycles. The maximum Gasteiger partial charge on any atom is 0.307 e. The van der Waals surface area contributed by atoms with Crippen molar-refractivity contribution in [3.05, 3.63) is 12.2 Å². The number of aliphatic carboxylic acids is 1. The van der Waals surface area contributed by atoms with Crippen LogP contribution in [0, 0.1) is 23.7 Å². The molecule has 0 spiro atoms. The fourth-order valence-corrected chi connectivity index (χ4v) is 3.24. The molecule has 0 unspecified atom stereocenters. The molecule has 0 radical (unpaired) electrons. The topological polar surface area (TPSA) is 57.6 Å². The molecule has 17 heavy (non-hydrogen) atoms. The Morgan fingerprint density at radius 2 is 1.71 bits per heavy atom. The molecule has 1 amide bonds.